The second-order valence-corrected chi connectivity index (χ2v) is 11.9. The monoisotopic (exact) mass is 574 g/mol. The first-order chi connectivity index (χ1) is 18.6. The van der Waals surface area contributed by atoms with Crippen LogP contribution in [0.4, 0.5) is 5.82 Å². The maximum atomic E-state index is 13.6. The Morgan fingerprint density at radius 3 is 2.90 bits per heavy atom. The number of pyridine rings is 1. The van der Waals surface area contributed by atoms with Crippen LogP contribution in [0.1, 0.15) is 55.9 Å². The van der Waals surface area contributed by atoms with Crippen molar-refractivity contribution >= 4 is 33.2 Å². The molecule has 39 heavy (non-hydrogen) atoms. The third kappa shape index (κ3) is 6.10. The largest absolute Gasteiger partial charge is 0.481 e. The van der Waals surface area contributed by atoms with E-state index in [1.807, 2.05) is 29.8 Å². The van der Waals surface area contributed by atoms with Crippen molar-refractivity contribution in [1.29, 1.82) is 0 Å². The molecule has 4 N–H and O–H groups in total. The molecule has 0 unspecified atom stereocenters. The molecule has 14 heteroatoms. The van der Waals surface area contributed by atoms with Crippen LogP contribution in [0, 0.1) is 19.4 Å². The Balaban J connectivity index is 1.35. The molecule has 1 aliphatic heterocycles. The Labute approximate surface area is 229 Å². The molecule has 12 nitrogen and oxygen atoms in total. The van der Waals surface area contributed by atoms with Gasteiger partial charge in [0.15, 0.2) is 0 Å². The van der Waals surface area contributed by atoms with Gasteiger partial charge >= 0.3 is 10.3 Å². The fourth-order valence-corrected chi connectivity index (χ4v) is 6.31. The zero-order valence-corrected chi connectivity index (χ0v) is 22.8. The van der Waals surface area contributed by atoms with Gasteiger partial charge in [0, 0.05) is 41.2 Å². The summed E-state index contributed by atoms with van der Waals surface area (Å²) in [5.41, 5.74) is 2.99. The normalized spacial score (nSPS) is 22.9. The number of carbonyl (C=O) groups is 1. The SMILES string of the molecule is COc1ccc2c(n1)[C@H](c1cc(C(=O)c3cncnc3N[C@H]3C[C@H](O)[C@@H]([CH]NS(=O)(=O)O)C3)sc1C)OCC2. The molecular formula is C25H28N5O7S2. The highest BCUT2D eigenvalue weighted by atomic mass is 32.2. The van der Waals surface area contributed by atoms with E-state index < -0.39 is 28.4 Å². The lowest BCUT2D eigenvalue weighted by atomic mass is 9.97. The molecule has 0 aromatic carbocycles. The highest BCUT2D eigenvalue weighted by Crippen LogP contribution is 2.38. The number of aliphatic hydroxyl groups is 1. The number of nitrogens with one attached hydrogen (secondary N) is 2. The number of anilines is 1. The van der Waals surface area contributed by atoms with Crippen molar-refractivity contribution in [3.8, 4) is 5.88 Å². The Bertz CT molecular complexity index is 1480. The molecule has 1 fully saturated rings. The summed E-state index contributed by atoms with van der Waals surface area (Å²) >= 11 is 1.35. The van der Waals surface area contributed by atoms with Gasteiger partial charge in [0.1, 0.15) is 18.2 Å². The molecule has 207 valence electrons. The summed E-state index contributed by atoms with van der Waals surface area (Å²) < 4.78 is 44.2. The molecule has 0 spiro atoms. The van der Waals surface area contributed by atoms with E-state index in [0.29, 0.717) is 36.0 Å². The molecule has 1 aliphatic carbocycles. The van der Waals surface area contributed by atoms with Crippen LogP contribution in [0.25, 0.3) is 0 Å². The second-order valence-electron chi connectivity index (χ2n) is 9.44. The lowest BCUT2D eigenvalue weighted by Crippen LogP contribution is -2.27. The van der Waals surface area contributed by atoms with E-state index in [2.05, 4.69) is 20.3 Å². The molecule has 5 rings (SSSR count). The van der Waals surface area contributed by atoms with Gasteiger partial charge in [-0.25, -0.2) is 15.0 Å². The molecule has 0 saturated heterocycles. The number of aryl methyl sites for hydroxylation is 1. The minimum absolute atomic E-state index is 0.262. The zero-order valence-electron chi connectivity index (χ0n) is 21.2. The molecule has 1 saturated carbocycles. The molecule has 1 radical (unpaired) electrons. The number of carbonyl (C=O) groups excluding carboxylic acids is 1. The molecule has 0 bridgehead atoms. The van der Waals surface area contributed by atoms with E-state index >= 15 is 0 Å². The number of ether oxygens (including phenoxy) is 2. The van der Waals surface area contributed by atoms with E-state index in [0.717, 1.165) is 34.7 Å². The highest BCUT2D eigenvalue weighted by molar-refractivity contribution is 7.83. The summed E-state index contributed by atoms with van der Waals surface area (Å²) in [6.07, 6.45) is 2.91. The van der Waals surface area contributed by atoms with Crippen molar-refractivity contribution in [1.82, 2.24) is 19.7 Å². The highest BCUT2D eigenvalue weighted by Gasteiger charge is 2.35. The number of hydrogen-bond donors (Lipinski definition) is 4. The first-order valence-electron chi connectivity index (χ1n) is 12.3. The third-order valence-corrected chi connectivity index (χ3v) is 8.37. The lowest BCUT2D eigenvalue weighted by molar-refractivity contribution is 0.0658. The Morgan fingerprint density at radius 1 is 1.31 bits per heavy atom. The summed E-state index contributed by atoms with van der Waals surface area (Å²) in [6.45, 7) is 3.63. The van der Waals surface area contributed by atoms with E-state index in [1.54, 1.807) is 7.11 Å². The van der Waals surface area contributed by atoms with Crippen LogP contribution in [0.15, 0.2) is 30.7 Å². The second kappa shape index (κ2) is 11.2. The topological polar surface area (TPSA) is 173 Å². The molecular weight excluding hydrogens is 546 g/mol. The van der Waals surface area contributed by atoms with Crippen LogP contribution in [-0.4, -0.2) is 64.7 Å². The van der Waals surface area contributed by atoms with Gasteiger partial charge in [0.2, 0.25) is 11.7 Å². The Hall–Kier alpha value is -3.01. The van der Waals surface area contributed by atoms with Crippen molar-refractivity contribution in [3.63, 3.8) is 0 Å². The van der Waals surface area contributed by atoms with Gasteiger partial charge in [-0.3, -0.25) is 9.35 Å². The number of hydrogen-bond acceptors (Lipinski definition) is 11. The smallest absolute Gasteiger partial charge is 0.333 e. The van der Waals surface area contributed by atoms with Crippen molar-refractivity contribution in [2.24, 2.45) is 5.92 Å². The Kier molecular flexibility index (Phi) is 7.94. The number of methoxy groups -OCH3 is 1. The van der Waals surface area contributed by atoms with Crippen molar-refractivity contribution in [2.75, 3.05) is 19.0 Å². The summed E-state index contributed by atoms with van der Waals surface area (Å²) in [5, 5.41) is 13.5. The molecule has 3 aromatic rings. The maximum Gasteiger partial charge on any atom is 0.333 e. The fraction of sp³-hybridized carbons (Fsp3) is 0.400. The number of aliphatic hydroxyl groups excluding tert-OH is 1. The lowest BCUT2D eigenvalue weighted by Gasteiger charge is -2.25. The number of aromatic nitrogens is 3. The van der Waals surface area contributed by atoms with Gasteiger partial charge in [-0.15, -0.1) is 11.3 Å². The molecule has 4 heterocycles. The quantitative estimate of drug-likeness (QED) is 0.218. The van der Waals surface area contributed by atoms with Crippen LogP contribution in [0.3, 0.4) is 0 Å². The van der Waals surface area contributed by atoms with Crippen molar-refractivity contribution in [3.05, 3.63) is 69.4 Å². The van der Waals surface area contributed by atoms with Crippen LogP contribution in [0.2, 0.25) is 0 Å². The summed E-state index contributed by atoms with van der Waals surface area (Å²) in [7, 11) is -2.85. The molecule has 3 aromatic heterocycles. The van der Waals surface area contributed by atoms with E-state index in [-0.39, 0.29) is 17.4 Å². The summed E-state index contributed by atoms with van der Waals surface area (Å²) in [5.74, 6) is 0.0189. The van der Waals surface area contributed by atoms with Crippen molar-refractivity contribution in [2.45, 2.75) is 44.4 Å². The molecule has 0 amide bonds. The van der Waals surface area contributed by atoms with Gasteiger partial charge < -0.3 is 19.9 Å². The predicted octanol–water partition coefficient (Wildman–Crippen LogP) is 2.25. The van der Waals surface area contributed by atoms with Crippen LogP contribution in [-0.2, 0) is 21.5 Å². The number of thiophene rings is 1. The number of ketones is 1. The van der Waals surface area contributed by atoms with E-state index in [9.17, 15) is 18.3 Å². The summed E-state index contributed by atoms with van der Waals surface area (Å²) in [6, 6.07) is 5.35. The average molecular weight is 575 g/mol. The van der Waals surface area contributed by atoms with Crippen LogP contribution in [0.5, 0.6) is 5.88 Å². The zero-order chi connectivity index (χ0) is 27.7. The molecule has 2 aliphatic rings. The Morgan fingerprint density at radius 2 is 2.13 bits per heavy atom. The minimum atomic E-state index is -4.41. The van der Waals surface area contributed by atoms with Gasteiger partial charge in [-0.05, 0) is 37.8 Å². The number of fused-ring (bicyclic) bond motifs is 1. The van der Waals surface area contributed by atoms with E-state index in [1.165, 1.54) is 23.9 Å². The minimum Gasteiger partial charge on any atom is -0.481 e. The van der Waals surface area contributed by atoms with Crippen LogP contribution >= 0.6 is 11.3 Å². The van der Waals surface area contributed by atoms with E-state index in [4.69, 9.17) is 14.0 Å². The fourth-order valence-electron chi connectivity index (χ4n) is 4.96. The first-order valence-corrected chi connectivity index (χ1v) is 14.5. The standard InChI is InChI=1S/C25H28N5O7S2/c1-13-17(24-22-14(5-6-37-24)3-4-21(30-22)36-2)9-20(38-13)23(32)18-11-26-12-27-25(18)29-16-7-15(19(31)8-16)10-28-39(33,34)35/h3-4,9-12,15-16,19,24,28,31H,5-8H2,1-2H3,(H,26,27,29)(H,33,34,35)/t15-,16-,19+,24+/m1/s1. The average Bonchev–Trinajstić information content (AvgIpc) is 3.47. The molecule has 4 atom stereocenters. The maximum absolute atomic E-state index is 13.6. The predicted molar refractivity (Wildman–Crippen MR) is 142 cm³/mol. The number of rotatable bonds is 9. The van der Waals surface area contributed by atoms with Gasteiger partial charge in [0.05, 0.1) is 36.0 Å². The van der Waals surface area contributed by atoms with Crippen molar-refractivity contribution < 1.29 is 32.3 Å². The summed E-state index contributed by atoms with van der Waals surface area (Å²) in [4.78, 5) is 28.0. The number of nitrogens with zero attached hydrogens (tertiary/aromatic N) is 3. The van der Waals surface area contributed by atoms with Gasteiger partial charge in [-0.1, -0.05) is 6.07 Å². The van der Waals surface area contributed by atoms with Crippen LogP contribution < -0.4 is 14.8 Å². The van der Waals surface area contributed by atoms with Gasteiger partial charge in [-0.2, -0.15) is 13.1 Å². The first kappa shape index (κ1) is 27.6. The van der Waals surface area contributed by atoms with Gasteiger partial charge in [0.25, 0.3) is 0 Å². The third-order valence-electron chi connectivity index (χ3n) is 6.87.